The quantitative estimate of drug-likeness (QED) is 0.589. The standard InChI is InChI=1S/C8H16N2/c1-4-5-8(10-3)6-7-9-2/h6-7,10H,4-5H2,1-3H3/b8-6-,9-7?. The highest BCUT2D eigenvalue weighted by atomic mass is 14.8. The third-order valence-corrected chi connectivity index (χ3v) is 1.27. The Morgan fingerprint density at radius 1 is 1.60 bits per heavy atom. The summed E-state index contributed by atoms with van der Waals surface area (Å²) in [6.45, 7) is 2.16. The molecule has 0 spiro atoms. The number of nitrogens with one attached hydrogen (secondary N) is 1. The second-order valence-corrected chi connectivity index (χ2v) is 2.10. The molecule has 0 radical (unpaired) electrons. The van der Waals surface area contributed by atoms with Crippen LogP contribution in [0.2, 0.25) is 0 Å². The summed E-state index contributed by atoms with van der Waals surface area (Å²) in [7, 11) is 3.71. The fourth-order valence-electron chi connectivity index (χ4n) is 0.726. The van der Waals surface area contributed by atoms with Gasteiger partial charge in [-0.3, -0.25) is 4.99 Å². The molecule has 0 unspecified atom stereocenters. The lowest BCUT2D eigenvalue weighted by Crippen LogP contribution is -2.05. The summed E-state index contributed by atoms with van der Waals surface area (Å²) in [6, 6.07) is 0. The first kappa shape index (κ1) is 9.21. The van der Waals surface area contributed by atoms with E-state index >= 15 is 0 Å². The van der Waals surface area contributed by atoms with Gasteiger partial charge in [0, 0.05) is 26.0 Å². The largest absolute Gasteiger partial charge is 0.391 e. The molecule has 0 saturated heterocycles. The van der Waals surface area contributed by atoms with E-state index in [2.05, 4.69) is 17.2 Å². The van der Waals surface area contributed by atoms with Crippen LogP contribution in [-0.4, -0.2) is 20.3 Å². The Labute approximate surface area is 63.0 Å². The van der Waals surface area contributed by atoms with Crippen molar-refractivity contribution < 1.29 is 0 Å². The smallest absolute Gasteiger partial charge is 0.0277 e. The number of rotatable bonds is 4. The molecular weight excluding hydrogens is 124 g/mol. The average molecular weight is 140 g/mol. The normalized spacial score (nSPS) is 12.5. The average Bonchev–Trinajstić information content (AvgIpc) is 1.98. The summed E-state index contributed by atoms with van der Waals surface area (Å²) >= 11 is 0. The van der Waals surface area contributed by atoms with Crippen molar-refractivity contribution >= 4 is 6.21 Å². The summed E-state index contributed by atoms with van der Waals surface area (Å²) in [5, 5.41) is 3.11. The van der Waals surface area contributed by atoms with Gasteiger partial charge in [-0.1, -0.05) is 13.3 Å². The van der Waals surface area contributed by atoms with E-state index in [1.807, 2.05) is 19.3 Å². The number of hydrogen-bond acceptors (Lipinski definition) is 2. The maximum atomic E-state index is 3.86. The Balaban J connectivity index is 3.78. The minimum atomic E-state index is 1.10. The van der Waals surface area contributed by atoms with Crippen LogP contribution < -0.4 is 5.32 Å². The number of aliphatic imine (C=N–C) groups is 1. The third kappa shape index (κ3) is 4.13. The summed E-state index contributed by atoms with van der Waals surface area (Å²) in [5.74, 6) is 0. The lowest BCUT2D eigenvalue weighted by molar-refractivity contribution is 0.818. The van der Waals surface area contributed by atoms with Gasteiger partial charge in [0.15, 0.2) is 0 Å². The lowest BCUT2D eigenvalue weighted by atomic mass is 10.2. The van der Waals surface area contributed by atoms with Gasteiger partial charge in [0.25, 0.3) is 0 Å². The van der Waals surface area contributed by atoms with Gasteiger partial charge in [0.05, 0.1) is 0 Å². The van der Waals surface area contributed by atoms with Gasteiger partial charge < -0.3 is 5.32 Å². The molecule has 0 aromatic carbocycles. The van der Waals surface area contributed by atoms with E-state index in [1.165, 1.54) is 12.1 Å². The highest BCUT2D eigenvalue weighted by Crippen LogP contribution is 1.97. The molecule has 58 valence electrons. The second kappa shape index (κ2) is 6.33. The minimum Gasteiger partial charge on any atom is -0.391 e. The maximum absolute atomic E-state index is 3.86. The van der Waals surface area contributed by atoms with Gasteiger partial charge in [-0.25, -0.2) is 0 Å². The van der Waals surface area contributed by atoms with Crippen LogP contribution in [0.25, 0.3) is 0 Å². The van der Waals surface area contributed by atoms with E-state index in [0.717, 1.165) is 6.42 Å². The molecule has 0 bridgehead atoms. The fraction of sp³-hybridized carbons (Fsp3) is 0.625. The molecule has 0 heterocycles. The van der Waals surface area contributed by atoms with Gasteiger partial charge >= 0.3 is 0 Å². The Morgan fingerprint density at radius 2 is 2.30 bits per heavy atom. The molecule has 1 N–H and O–H groups in total. The van der Waals surface area contributed by atoms with Crippen LogP contribution in [0.15, 0.2) is 16.8 Å². The van der Waals surface area contributed by atoms with Crippen LogP contribution in [-0.2, 0) is 0 Å². The van der Waals surface area contributed by atoms with Crippen LogP contribution in [0.3, 0.4) is 0 Å². The molecule has 0 aliphatic heterocycles. The van der Waals surface area contributed by atoms with E-state index in [4.69, 9.17) is 0 Å². The SMILES string of the molecule is CCC/C(=C/C=NC)NC. The van der Waals surface area contributed by atoms with E-state index in [0.29, 0.717) is 0 Å². The molecule has 0 aliphatic carbocycles. The van der Waals surface area contributed by atoms with E-state index in [1.54, 1.807) is 7.05 Å². The molecule has 0 amide bonds. The van der Waals surface area contributed by atoms with Crippen LogP contribution in [0.4, 0.5) is 0 Å². The molecule has 10 heavy (non-hydrogen) atoms. The topological polar surface area (TPSA) is 24.4 Å². The van der Waals surface area contributed by atoms with Crippen molar-refractivity contribution in [2.24, 2.45) is 4.99 Å². The van der Waals surface area contributed by atoms with Crippen LogP contribution >= 0.6 is 0 Å². The van der Waals surface area contributed by atoms with Gasteiger partial charge in [-0.15, -0.1) is 0 Å². The van der Waals surface area contributed by atoms with Crippen molar-refractivity contribution in [2.75, 3.05) is 14.1 Å². The highest BCUT2D eigenvalue weighted by molar-refractivity contribution is 5.71. The summed E-state index contributed by atoms with van der Waals surface area (Å²) in [5.41, 5.74) is 1.24. The minimum absolute atomic E-state index is 1.10. The lowest BCUT2D eigenvalue weighted by Gasteiger charge is -2.01. The highest BCUT2D eigenvalue weighted by Gasteiger charge is 1.87. The van der Waals surface area contributed by atoms with E-state index < -0.39 is 0 Å². The molecule has 0 rings (SSSR count). The number of allylic oxidation sites excluding steroid dienone is 2. The first-order chi connectivity index (χ1) is 4.85. The zero-order valence-corrected chi connectivity index (χ0v) is 7.02. The van der Waals surface area contributed by atoms with Crippen molar-refractivity contribution in [3.8, 4) is 0 Å². The molecule has 0 atom stereocenters. The Bertz CT molecular complexity index is 125. The Morgan fingerprint density at radius 3 is 2.70 bits per heavy atom. The molecule has 0 aromatic heterocycles. The molecule has 0 aliphatic rings. The third-order valence-electron chi connectivity index (χ3n) is 1.27. The zero-order valence-electron chi connectivity index (χ0n) is 7.02. The first-order valence-corrected chi connectivity index (χ1v) is 3.64. The summed E-state index contributed by atoms with van der Waals surface area (Å²) in [4.78, 5) is 3.86. The predicted molar refractivity (Wildman–Crippen MR) is 46.5 cm³/mol. The maximum Gasteiger partial charge on any atom is 0.0277 e. The zero-order chi connectivity index (χ0) is 7.82. The van der Waals surface area contributed by atoms with Gasteiger partial charge in [0.2, 0.25) is 0 Å². The van der Waals surface area contributed by atoms with Crippen molar-refractivity contribution in [3.05, 3.63) is 11.8 Å². The number of hydrogen-bond donors (Lipinski definition) is 1. The molecule has 2 heteroatoms. The van der Waals surface area contributed by atoms with Crippen molar-refractivity contribution in [1.29, 1.82) is 0 Å². The van der Waals surface area contributed by atoms with Crippen molar-refractivity contribution in [3.63, 3.8) is 0 Å². The fourth-order valence-corrected chi connectivity index (χ4v) is 0.726. The van der Waals surface area contributed by atoms with Crippen LogP contribution in [0.5, 0.6) is 0 Å². The predicted octanol–water partition coefficient (Wildman–Crippen LogP) is 1.59. The summed E-state index contributed by atoms with van der Waals surface area (Å²) < 4.78 is 0. The Kier molecular flexibility index (Phi) is 5.83. The molecular formula is C8H16N2. The molecule has 0 saturated carbocycles. The van der Waals surface area contributed by atoms with Gasteiger partial charge in [-0.05, 0) is 12.5 Å². The van der Waals surface area contributed by atoms with Gasteiger partial charge in [-0.2, -0.15) is 0 Å². The monoisotopic (exact) mass is 140 g/mol. The number of nitrogens with zero attached hydrogens (tertiary/aromatic N) is 1. The van der Waals surface area contributed by atoms with Crippen molar-refractivity contribution in [2.45, 2.75) is 19.8 Å². The summed E-state index contributed by atoms with van der Waals surface area (Å²) in [6.07, 6.45) is 6.08. The van der Waals surface area contributed by atoms with E-state index in [9.17, 15) is 0 Å². The van der Waals surface area contributed by atoms with Crippen LogP contribution in [0, 0.1) is 0 Å². The first-order valence-electron chi connectivity index (χ1n) is 3.64. The van der Waals surface area contributed by atoms with Crippen LogP contribution in [0.1, 0.15) is 19.8 Å². The molecule has 2 nitrogen and oxygen atoms in total. The van der Waals surface area contributed by atoms with E-state index in [-0.39, 0.29) is 0 Å². The molecule has 0 fully saturated rings. The van der Waals surface area contributed by atoms with Gasteiger partial charge in [0.1, 0.15) is 0 Å². The second-order valence-electron chi connectivity index (χ2n) is 2.10. The van der Waals surface area contributed by atoms with Crippen molar-refractivity contribution in [1.82, 2.24) is 5.32 Å². The Hall–Kier alpha value is -0.790. The molecule has 0 aromatic rings.